The molecule has 0 aromatic rings. The molecule has 0 saturated carbocycles. The second-order valence-corrected chi connectivity index (χ2v) is 23.8. The Morgan fingerprint density at radius 1 is 0.440 bits per heavy atom. The summed E-state index contributed by atoms with van der Waals surface area (Å²) in [6.45, 7) is 9.59. The van der Waals surface area contributed by atoms with Crippen LogP contribution in [0, 0.1) is 0 Å². The summed E-state index contributed by atoms with van der Waals surface area (Å²) in [5, 5.41) is -1.41. The molecule has 2 heteroatoms. The van der Waals surface area contributed by atoms with Crippen molar-refractivity contribution in [1.82, 2.24) is 0 Å². The predicted molar refractivity (Wildman–Crippen MR) is 127 cm³/mol. The van der Waals surface area contributed by atoms with Gasteiger partial charge in [0.2, 0.25) is 0 Å². The van der Waals surface area contributed by atoms with Gasteiger partial charge in [0.15, 0.2) is 0 Å². The number of hydrogen-bond donors (Lipinski definition) is 0. The van der Waals surface area contributed by atoms with E-state index >= 15 is 0 Å². The molecule has 0 amide bonds. The van der Waals surface area contributed by atoms with Crippen LogP contribution in [-0.4, -0.2) is 26.2 Å². The van der Waals surface area contributed by atoms with Gasteiger partial charge in [0, 0.05) is 0 Å². The van der Waals surface area contributed by atoms with Gasteiger partial charge in [0.05, 0.1) is 0 Å². The molecule has 0 rings (SSSR count). The average molecular weight is 438 g/mol. The molecule has 0 saturated heterocycles. The van der Waals surface area contributed by atoms with E-state index in [0.29, 0.717) is 0 Å². The molecule has 0 atom stereocenters. The van der Waals surface area contributed by atoms with Crippen molar-refractivity contribution in [2.45, 2.75) is 122 Å². The monoisotopic (exact) mass is 436 g/mol. The third kappa shape index (κ3) is 24.9. The molecular formula is C23H50BrP. The fraction of sp³-hybridized carbons (Fsp3) is 1.00. The van der Waals surface area contributed by atoms with Crippen molar-refractivity contribution in [2.75, 3.05) is 26.2 Å². The van der Waals surface area contributed by atoms with Crippen molar-refractivity contribution >= 4 is 20.8 Å². The molecule has 0 aliphatic heterocycles. The number of halogens is 1. The summed E-state index contributed by atoms with van der Waals surface area (Å²) < 4.78 is 0. The van der Waals surface area contributed by atoms with E-state index in [1.807, 2.05) is 0 Å². The average Bonchev–Trinajstić information content (AvgIpc) is 2.52. The predicted octanol–water partition coefficient (Wildman–Crippen LogP) is 9.78. The molecule has 25 heavy (non-hydrogen) atoms. The van der Waals surface area contributed by atoms with Crippen LogP contribution in [0.2, 0.25) is 0 Å². The van der Waals surface area contributed by atoms with Crippen LogP contribution in [0.3, 0.4) is 0 Å². The van der Waals surface area contributed by atoms with E-state index in [9.17, 15) is 0 Å². The van der Waals surface area contributed by atoms with Crippen molar-refractivity contribution < 1.29 is 0 Å². The SMILES string of the molecule is CCCCCCCCCCCCCCCCCCCCP(C)(C)(C)Br. The quantitative estimate of drug-likeness (QED) is 0.139. The molecular weight excluding hydrogens is 387 g/mol. The molecule has 0 radical (unpaired) electrons. The van der Waals surface area contributed by atoms with Crippen molar-refractivity contribution in [1.29, 1.82) is 0 Å². The summed E-state index contributed by atoms with van der Waals surface area (Å²) >= 11 is 3.96. The molecule has 0 N–H and O–H groups in total. The van der Waals surface area contributed by atoms with Crippen LogP contribution < -0.4 is 0 Å². The molecule has 0 unspecified atom stereocenters. The molecule has 0 nitrogen and oxygen atoms in total. The number of rotatable bonds is 19. The zero-order valence-corrected chi connectivity index (χ0v) is 20.7. The van der Waals surface area contributed by atoms with Crippen LogP contribution in [0.4, 0.5) is 0 Å². The molecule has 0 spiro atoms. The third-order valence-corrected chi connectivity index (χ3v) is 8.16. The van der Waals surface area contributed by atoms with E-state index in [4.69, 9.17) is 0 Å². The number of unbranched alkanes of at least 4 members (excludes halogenated alkanes) is 17. The first kappa shape index (κ1) is 25.9. The van der Waals surface area contributed by atoms with Gasteiger partial charge in [-0.25, -0.2) is 0 Å². The van der Waals surface area contributed by atoms with E-state index in [-0.39, 0.29) is 0 Å². The van der Waals surface area contributed by atoms with E-state index in [1.54, 1.807) is 0 Å². The van der Waals surface area contributed by atoms with E-state index < -0.39 is 5.31 Å². The van der Waals surface area contributed by atoms with Crippen LogP contribution in [0.25, 0.3) is 0 Å². The van der Waals surface area contributed by atoms with Crippen LogP contribution in [-0.2, 0) is 0 Å². The molecule has 0 heterocycles. The Hall–Kier alpha value is 0.910. The van der Waals surface area contributed by atoms with Gasteiger partial charge in [0.1, 0.15) is 0 Å². The first-order chi connectivity index (χ1) is 11.8. The first-order valence-corrected chi connectivity index (χ1v) is 17.3. The van der Waals surface area contributed by atoms with Crippen LogP contribution in [0.1, 0.15) is 122 Å². The van der Waals surface area contributed by atoms with Gasteiger partial charge in [-0.2, -0.15) is 0 Å². The van der Waals surface area contributed by atoms with Crippen LogP contribution in [0.5, 0.6) is 0 Å². The summed E-state index contributed by atoms with van der Waals surface area (Å²) in [5.74, 6) is 0. The minimum atomic E-state index is -1.41. The van der Waals surface area contributed by atoms with E-state index in [2.05, 4.69) is 42.4 Å². The van der Waals surface area contributed by atoms with Crippen LogP contribution in [0.15, 0.2) is 0 Å². The first-order valence-electron chi connectivity index (χ1n) is 11.5. The van der Waals surface area contributed by atoms with Gasteiger partial charge in [-0.3, -0.25) is 0 Å². The zero-order valence-electron chi connectivity index (χ0n) is 18.3. The minimum absolute atomic E-state index is 1.37. The maximum absolute atomic E-state index is 3.96. The van der Waals surface area contributed by atoms with Gasteiger partial charge in [0.25, 0.3) is 0 Å². The van der Waals surface area contributed by atoms with Crippen molar-refractivity contribution in [3.63, 3.8) is 0 Å². The van der Waals surface area contributed by atoms with Crippen LogP contribution >= 0.6 is 20.8 Å². The Balaban J connectivity index is 3.08. The Morgan fingerprint density at radius 2 is 0.680 bits per heavy atom. The van der Waals surface area contributed by atoms with Gasteiger partial charge in [-0.15, -0.1) is 0 Å². The summed E-state index contributed by atoms with van der Waals surface area (Å²) in [7, 11) is 0. The molecule has 0 aliphatic rings. The Morgan fingerprint density at radius 3 is 0.920 bits per heavy atom. The Labute approximate surface area is 169 Å². The molecule has 154 valence electrons. The summed E-state index contributed by atoms with van der Waals surface area (Å²) in [6, 6.07) is 0. The fourth-order valence-corrected chi connectivity index (χ4v) is 5.59. The summed E-state index contributed by atoms with van der Waals surface area (Å²) in [5.41, 5.74) is 0. The second kappa shape index (κ2) is 15.9. The standard InChI is InChI=1S/C23H50BrP/c1-5-6-7-8-9-10-11-12-13-14-15-16-17-18-19-20-21-22-23-25(2,3,4)24/h5-23H2,1-4H3. The molecule has 0 aliphatic carbocycles. The molecule has 0 fully saturated rings. The van der Waals surface area contributed by atoms with Crippen molar-refractivity contribution in [3.8, 4) is 0 Å². The third-order valence-electron chi connectivity index (χ3n) is 5.27. The van der Waals surface area contributed by atoms with E-state index in [0.717, 1.165) is 0 Å². The van der Waals surface area contributed by atoms with Gasteiger partial charge in [-0.05, 0) is 0 Å². The van der Waals surface area contributed by atoms with E-state index in [1.165, 1.54) is 122 Å². The molecule has 0 aromatic heterocycles. The zero-order chi connectivity index (χ0) is 18.9. The van der Waals surface area contributed by atoms with Gasteiger partial charge in [-0.1, -0.05) is 51.9 Å². The van der Waals surface area contributed by atoms with Gasteiger partial charge >= 0.3 is 118 Å². The van der Waals surface area contributed by atoms with Gasteiger partial charge < -0.3 is 0 Å². The topological polar surface area (TPSA) is 0 Å². The summed E-state index contributed by atoms with van der Waals surface area (Å²) in [4.78, 5) is 0. The summed E-state index contributed by atoms with van der Waals surface area (Å²) in [6.07, 6.45) is 27.8. The van der Waals surface area contributed by atoms with Crippen molar-refractivity contribution in [3.05, 3.63) is 0 Å². The number of hydrogen-bond acceptors (Lipinski definition) is 0. The second-order valence-electron chi connectivity index (χ2n) is 9.65. The maximum atomic E-state index is 3.96. The fourth-order valence-electron chi connectivity index (χ4n) is 3.55. The molecule has 0 bridgehead atoms. The normalized spacial score (nSPS) is 13.7. The Kier molecular flexibility index (Phi) is 16.5. The Bertz CT molecular complexity index is 270. The van der Waals surface area contributed by atoms with Crippen molar-refractivity contribution in [2.24, 2.45) is 0 Å². The molecule has 0 aromatic carbocycles.